The van der Waals surface area contributed by atoms with Gasteiger partial charge in [0, 0.05) is 18.8 Å². The van der Waals surface area contributed by atoms with Crippen molar-refractivity contribution in [3.05, 3.63) is 29.8 Å². The first-order chi connectivity index (χ1) is 10.8. The molecule has 1 aliphatic rings. The topological polar surface area (TPSA) is 29.5 Å². The number of para-hydroxylation sites is 1. The third kappa shape index (κ3) is 4.49. The zero-order chi connectivity index (χ0) is 15.8. The first-order valence-electron chi connectivity index (χ1n) is 8.75. The lowest BCUT2D eigenvalue weighted by molar-refractivity contribution is -0.143. The van der Waals surface area contributed by atoms with E-state index in [4.69, 9.17) is 4.74 Å². The lowest BCUT2D eigenvalue weighted by Crippen LogP contribution is -2.30. The largest absolute Gasteiger partial charge is 0.466 e. The van der Waals surface area contributed by atoms with Gasteiger partial charge in [-0.1, -0.05) is 31.5 Å². The Morgan fingerprint density at radius 1 is 1.18 bits per heavy atom. The summed E-state index contributed by atoms with van der Waals surface area (Å²) in [7, 11) is 0. The number of carbonyl (C=O) groups excluding carboxylic acids is 1. The van der Waals surface area contributed by atoms with Crippen molar-refractivity contribution in [2.75, 3.05) is 24.6 Å². The number of ether oxygens (including phenoxy) is 1. The number of piperidine rings is 1. The predicted octanol–water partition coefficient (Wildman–Crippen LogP) is 4.51. The van der Waals surface area contributed by atoms with Gasteiger partial charge in [0.05, 0.1) is 13.0 Å². The third-order valence-corrected chi connectivity index (χ3v) is 4.43. The average molecular weight is 303 g/mol. The Morgan fingerprint density at radius 2 is 1.91 bits per heavy atom. The Morgan fingerprint density at radius 3 is 2.59 bits per heavy atom. The second kappa shape index (κ2) is 8.82. The summed E-state index contributed by atoms with van der Waals surface area (Å²) in [6, 6.07) is 8.62. The van der Waals surface area contributed by atoms with Gasteiger partial charge in [-0.3, -0.25) is 4.79 Å². The molecular formula is C19H29NO2. The first-order valence-corrected chi connectivity index (χ1v) is 8.75. The van der Waals surface area contributed by atoms with E-state index in [0.29, 0.717) is 13.0 Å². The first kappa shape index (κ1) is 16.9. The molecule has 0 aromatic heterocycles. The lowest BCUT2D eigenvalue weighted by atomic mass is 9.89. The average Bonchev–Trinajstić information content (AvgIpc) is 2.55. The summed E-state index contributed by atoms with van der Waals surface area (Å²) >= 11 is 0. The van der Waals surface area contributed by atoms with Crippen molar-refractivity contribution in [2.24, 2.45) is 0 Å². The van der Waals surface area contributed by atoms with Crippen LogP contribution in [0.15, 0.2) is 24.3 Å². The fourth-order valence-corrected chi connectivity index (χ4v) is 3.39. The molecule has 0 aliphatic carbocycles. The number of hydrogen-bond acceptors (Lipinski definition) is 3. The van der Waals surface area contributed by atoms with Crippen molar-refractivity contribution in [2.45, 2.75) is 58.3 Å². The molecule has 1 heterocycles. The molecule has 1 fully saturated rings. The van der Waals surface area contributed by atoms with Crippen molar-refractivity contribution >= 4 is 11.7 Å². The second-order valence-corrected chi connectivity index (χ2v) is 6.10. The minimum Gasteiger partial charge on any atom is -0.466 e. The number of anilines is 1. The van der Waals surface area contributed by atoms with E-state index in [2.05, 4.69) is 36.1 Å². The van der Waals surface area contributed by atoms with Gasteiger partial charge in [0.15, 0.2) is 0 Å². The van der Waals surface area contributed by atoms with E-state index in [0.717, 1.165) is 25.9 Å². The molecule has 1 atom stereocenters. The third-order valence-electron chi connectivity index (χ3n) is 4.43. The van der Waals surface area contributed by atoms with Gasteiger partial charge in [-0.2, -0.15) is 0 Å². The van der Waals surface area contributed by atoms with Gasteiger partial charge in [0.2, 0.25) is 0 Å². The van der Waals surface area contributed by atoms with Crippen LogP contribution < -0.4 is 4.90 Å². The molecule has 0 amide bonds. The lowest BCUT2D eigenvalue weighted by Gasteiger charge is -2.32. The Bertz CT molecular complexity index is 466. The number of benzene rings is 1. The molecule has 0 radical (unpaired) electrons. The van der Waals surface area contributed by atoms with Crippen LogP contribution in [0.3, 0.4) is 0 Å². The van der Waals surface area contributed by atoms with Gasteiger partial charge in [-0.05, 0) is 50.2 Å². The van der Waals surface area contributed by atoms with E-state index in [1.165, 1.54) is 30.5 Å². The van der Waals surface area contributed by atoms with Gasteiger partial charge in [-0.25, -0.2) is 0 Å². The highest BCUT2D eigenvalue weighted by Crippen LogP contribution is 2.34. The van der Waals surface area contributed by atoms with Crippen molar-refractivity contribution in [1.82, 2.24) is 0 Å². The predicted molar refractivity (Wildman–Crippen MR) is 91.4 cm³/mol. The molecule has 1 aromatic carbocycles. The van der Waals surface area contributed by atoms with Crippen molar-refractivity contribution in [3.63, 3.8) is 0 Å². The minimum atomic E-state index is -0.0746. The van der Waals surface area contributed by atoms with Gasteiger partial charge in [-0.15, -0.1) is 0 Å². The molecule has 122 valence electrons. The van der Waals surface area contributed by atoms with Crippen LogP contribution in [0, 0.1) is 0 Å². The number of esters is 1. The molecule has 1 unspecified atom stereocenters. The number of carbonyl (C=O) groups is 1. The van der Waals surface area contributed by atoms with Crippen LogP contribution >= 0.6 is 0 Å². The highest BCUT2D eigenvalue weighted by Gasteiger charge is 2.22. The summed E-state index contributed by atoms with van der Waals surface area (Å²) in [4.78, 5) is 14.4. The van der Waals surface area contributed by atoms with Crippen LogP contribution in [0.2, 0.25) is 0 Å². The summed E-state index contributed by atoms with van der Waals surface area (Å²) in [5, 5.41) is 0. The maximum absolute atomic E-state index is 12.0. The van der Waals surface area contributed by atoms with E-state index in [9.17, 15) is 4.79 Å². The van der Waals surface area contributed by atoms with Crippen molar-refractivity contribution < 1.29 is 9.53 Å². The van der Waals surface area contributed by atoms with Crippen LogP contribution in [-0.4, -0.2) is 25.7 Å². The monoisotopic (exact) mass is 303 g/mol. The second-order valence-electron chi connectivity index (χ2n) is 6.10. The summed E-state index contributed by atoms with van der Waals surface area (Å²) < 4.78 is 5.17. The molecule has 0 saturated carbocycles. The van der Waals surface area contributed by atoms with Crippen molar-refractivity contribution in [1.29, 1.82) is 0 Å². The van der Waals surface area contributed by atoms with E-state index in [1.807, 2.05) is 6.92 Å². The normalized spacial score (nSPS) is 16.4. The smallest absolute Gasteiger partial charge is 0.306 e. The zero-order valence-electron chi connectivity index (χ0n) is 14.0. The van der Waals surface area contributed by atoms with E-state index in [1.54, 1.807) is 0 Å². The zero-order valence-corrected chi connectivity index (χ0v) is 14.0. The fourth-order valence-electron chi connectivity index (χ4n) is 3.39. The maximum Gasteiger partial charge on any atom is 0.306 e. The molecule has 0 N–H and O–H groups in total. The van der Waals surface area contributed by atoms with Gasteiger partial charge >= 0.3 is 5.97 Å². The highest BCUT2D eigenvalue weighted by atomic mass is 16.5. The molecule has 0 bridgehead atoms. The maximum atomic E-state index is 12.0. The Kier molecular flexibility index (Phi) is 6.75. The Hall–Kier alpha value is -1.51. The molecule has 1 aliphatic heterocycles. The molecule has 2 rings (SSSR count). The summed E-state index contributed by atoms with van der Waals surface area (Å²) in [6.07, 6.45) is 6.48. The molecule has 3 nitrogen and oxygen atoms in total. The standard InChI is InChI=1S/C19H29NO2/c1-3-10-16(15-19(21)22-4-2)17-11-6-7-12-18(17)20-13-8-5-9-14-20/h6-7,11-12,16H,3-5,8-10,13-15H2,1-2H3. The fraction of sp³-hybridized carbons (Fsp3) is 0.632. The Balaban J connectivity index is 2.20. The van der Waals surface area contributed by atoms with Crippen LogP contribution in [-0.2, 0) is 9.53 Å². The molecule has 1 saturated heterocycles. The van der Waals surface area contributed by atoms with Crippen LogP contribution in [0.1, 0.15) is 63.9 Å². The molecule has 1 aromatic rings. The van der Waals surface area contributed by atoms with Crippen LogP contribution in [0.5, 0.6) is 0 Å². The highest BCUT2D eigenvalue weighted by molar-refractivity contribution is 5.71. The van der Waals surface area contributed by atoms with E-state index >= 15 is 0 Å². The summed E-state index contributed by atoms with van der Waals surface area (Å²) in [5.74, 6) is 0.191. The molecule has 3 heteroatoms. The number of nitrogens with zero attached hydrogens (tertiary/aromatic N) is 1. The molecular weight excluding hydrogens is 274 g/mol. The van der Waals surface area contributed by atoms with Crippen LogP contribution in [0.4, 0.5) is 5.69 Å². The number of rotatable bonds is 7. The Labute approximate surface area is 134 Å². The van der Waals surface area contributed by atoms with Gasteiger partial charge in [0.25, 0.3) is 0 Å². The SMILES string of the molecule is CCCC(CC(=O)OCC)c1ccccc1N1CCCCC1. The van der Waals surface area contributed by atoms with E-state index in [-0.39, 0.29) is 11.9 Å². The molecule has 22 heavy (non-hydrogen) atoms. The minimum absolute atomic E-state index is 0.0746. The van der Waals surface area contributed by atoms with Gasteiger partial charge < -0.3 is 9.64 Å². The molecule has 0 spiro atoms. The quantitative estimate of drug-likeness (QED) is 0.694. The van der Waals surface area contributed by atoms with Crippen LogP contribution in [0.25, 0.3) is 0 Å². The summed E-state index contributed by atoms with van der Waals surface area (Å²) in [6.45, 7) is 6.78. The van der Waals surface area contributed by atoms with E-state index < -0.39 is 0 Å². The van der Waals surface area contributed by atoms with Gasteiger partial charge in [0.1, 0.15) is 0 Å². The summed E-state index contributed by atoms with van der Waals surface area (Å²) in [5.41, 5.74) is 2.64. The number of hydrogen-bond donors (Lipinski definition) is 0. The van der Waals surface area contributed by atoms with Crippen molar-refractivity contribution in [3.8, 4) is 0 Å².